The number of aryl methyl sites for hydroxylation is 1. The van der Waals surface area contributed by atoms with Gasteiger partial charge in [-0.2, -0.15) is 0 Å². The molecule has 1 unspecified atom stereocenters. The predicted molar refractivity (Wildman–Crippen MR) is 74.2 cm³/mol. The van der Waals surface area contributed by atoms with Crippen molar-refractivity contribution in [3.8, 4) is 0 Å². The number of hydrogen-bond acceptors (Lipinski definition) is 3. The summed E-state index contributed by atoms with van der Waals surface area (Å²) in [6.45, 7) is 0. The number of non-ortho nitro benzene ring substituents is 1. The Bertz CT molecular complexity index is 481. The first kappa shape index (κ1) is 12.6. The minimum absolute atomic E-state index is 0.221. The van der Waals surface area contributed by atoms with Crippen LogP contribution in [0.2, 0.25) is 0 Å². The van der Waals surface area contributed by atoms with Gasteiger partial charge in [0, 0.05) is 24.2 Å². The summed E-state index contributed by atoms with van der Waals surface area (Å²) in [6.07, 6.45) is 8.45. The molecule has 1 atom stereocenters. The topological polar surface area (TPSA) is 55.2 Å². The molecule has 19 heavy (non-hydrogen) atoms. The summed E-state index contributed by atoms with van der Waals surface area (Å²) in [6, 6.07) is 6.27. The van der Waals surface area contributed by atoms with Crippen molar-refractivity contribution >= 4 is 5.69 Å². The van der Waals surface area contributed by atoms with Gasteiger partial charge in [0.15, 0.2) is 0 Å². The summed E-state index contributed by atoms with van der Waals surface area (Å²) in [7, 11) is 0. The number of benzene rings is 1. The summed E-state index contributed by atoms with van der Waals surface area (Å²) >= 11 is 0. The summed E-state index contributed by atoms with van der Waals surface area (Å²) in [4.78, 5) is 10.6. The van der Waals surface area contributed by atoms with Gasteiger partial charge in [-0.25, -0.2) is 0 Å². The van der Waals surface area contributed by atoms with Crippen LogP contribution >= 0.6 is 0 Å². The van der Waals surface area contributed by atoms with Crippen molar-refractivity contribution in [1.82, 2.24) is 5.32 Å². The number of nitro groups is 1. The van der Waals surface area contributed by atoms with Gasteiger partial charge >= 0.3 is 0 Å². The number of nitrogens with one attached hydrogen (secondary N) is 1. The Morgan fingerprint density at radius 3 is 2.68 bits per heavy atom. The van der Waals surface area contributed by atoms with E-state index < -0.39 is 0 Å². The summed E-state index contributed by atoms with van der Waals surface area (Å²) in [5, 5.41) is 14.6. The largest absolute Gasteiger partial charge is 0.307 e. The Morgan fingerprint density at radius 2 is 1.95 bits per heavy atom. The number of hydrogen-bond donors (Lipinski definition) is 1. The van der Waals surface area contributed by atoms with E-state index in [2.05, 4.69) is 5.32 Å². The maximum Gasteiger partial charge on any atom is 0.269 e. The number of fused-ring (bicyclic) bond motifs is 1. The molecule has 0 aliphatic heterocycles. The molecule has 2 aliphatic rings. The van der Waals surface area contributed by atoms with Crippen molar-refractivity contribution in [2.75, 3.05) is 0 Å². The third-order valence-electron chi connectivity index (χ3n) is 4.45. The van der Waals surface area contributed by atoms with Crippen LogP contribution in [0.25, 0.3) is 0 Å². The van der Waals surface area contributed by atoms with E-state index in [0.29, 0.717) is 12.1 Å². The van der Waals surface area contributed by atoms with Crippen molar-refractivity contribution < 1.29 is 4.92 Å². The van der Waals surface area contributed by atoms with E-state index in [4.69, 9.17) is 0 Å². The van der Waals surface area contributed by atoms with Crippen LogP contribution in [0.5, 0.6) is 0 Å². The van der Waals surface area contributed by atoms with Gasteiger partial charge in [-0.15, -0.1) is 0 Å². The van der Waals surface area contributed by atoms with Crippen LogP contribution in [0.3, 0.4) is 0 Å². The van der Waals surface area contributed by atoms with Crippen LogP contribution in [-0.4, -0.2) is 11.0 Å². The molecule has 0 saturated heterocycles. The molecule has 3 rings (SSSR count). The Balaban J connectivity index is 1.84. The lowest BCUT2D eigenvalue weighted by atomic mass is 9.87. The molecule has 0 amide bonds. The van der Waals surface area contributed by atoms with Crippen LogP contribution in [0, 0.1) is 10.1 Å². The highest BCUT2D eigenvalue weighted by Gasteiger charge is 2.25. The summed E-state index contributed by atoms with van der Waals surface area (Å²) < 4.78 is 0. The molecule has 1 fully saturated rings. The summed E-state index contributed by atoms with van der Waals surface area (Å²) in [5.74, 6) is 0. The van der Waals surface area contributed by atoms with Crippen molar-refractivity contribution in [2.24, 2.45) is 0 Å². The first-order valence-electron chi connectivity index (χ1n) is 7.27. The molecule has 1 aromatic rings. The minimum Gasteiger partial charge on any atom is -0.307 e. The van der Waals surface area contributed by atoms with Crippen molar-refractivity contribution in [3.63, 3.8) is 0 Å². The molecule has 4 heteroatoms. The van der Waals surface area contributed by atoms with Crippen LogP contribution in [0.4, 0.5) is 5.69 Å². The van der Waals surface area contributed by atoms with Gasteiger partial charge in [0.25, 0.3) is 5.69 Å². The van der Waals surface area contributed by atoms with Gasteiger partial charge < -0.3 is 5.32 Å². The third-order valence-corrected chi connectivity index (χ3v) is 4.45. The quantitative estimate of drug-likeness (QED) is 0.668. The van der Waals surface area contributed by atoms with Gasteiger partial charge in [0.2, 0.25) is 0 Å². The SMILES string of the molecule is O=[N+]([O-])c1ccc2c(c1)C(NC1CCCC1)CCC2. The molecular formula is C15H20N2O2. The van der Waals surface area contributed by atoms with E-state index in [1.165, 1.54) is 37.7 Å². The lowest BCUT2D eigenvalue weighted by molar-refractivity contribution is -0.385. The highest BCUT2D eigenvalue weighted by atomic mass is 16.6. The third kappa shape index (κ3) is 2.63. The fourth-order valence-electron chi connectivity index (χ4n) is 3.45. The molecular weight excluding hydrogens is 240 g/mol. The maximum absolute atomic E-state index is 10.9. The molecule has 1 aromatic carbocycles. The molecule has 0 aromatic heterocycles. The van der Waals surface area contributed by atoms with E-state index in [1.807, 2.05) is 6.07 Å². The first-order chi connectivity index (χ1) is 9.24. The molecule has 102 valence electrons. The Kier molecular flexibility index (Phi) is 3.51. The first-order valence-corrected chi connectivity index (χ1v) is 7.27. The molecule has 0 bridgehead atoms. The lowest BCUT2D eigenvalue weighted by Crippen LogP contribution is -2.32. The minimum atomic E-state index is -0.290. The van der Waals surface area contributed by atoms with E-state index in [1.54, 1.807) is 12.1 Å². The fraction of sp³-hybridized carbons (Fsp3) is 0.600. The number of nitro benzene ring substituents is 1. The second kappa shape index (κ2) is 5.29. The van der Waals surface area contributed by atoms with E-state index >= 15 is 0 Å². The zero-order valence-corrected chi connectivity index (χ0v) is 11.1. The Morgan fingerprint density at radius 1 is 1.16 bits per heavy atom. The van der Waals surface area contributed by atoms with E-state index in [0.717, 1.165) is 18.4 Å². The maximum atomic E-state index is 10.9. The van der Waals surface area contributed by atoms with Crippen molar-refractivity contribution in [1.29, 1.82) is 0 Å². The molecule has 0 radical (unpaired) electrons. The average molecular weight is 260 g/mol. The van der Waals surface area contributed by atoms with Crippen molar-refractivity contribution in [2.45, 2.75) is 57.0 Å². The van der Waals surface area contributed by atoms with Crippen LogP contribution in [0.15, 0.2) is 18.2 Å². The second-order valence-electron chi connectivity index (χ2n) is 5.73. The Labute approximate surface area is 113 Å². The lowest BCUT2D eigenvalue weighted by Gasteiger charge is -2.29. The molecule has 0 spiro atoms. The van der Waals surface area contributed by atoms with E-state index in [-0.39, 0.29) is 10.6 Å². The molecule has 1 N–H and O–H groups in total. The zero-order valence-electron chi connectivity index (χ0n) is 11.1. The van der Waals surface area contributed by atoms with Gasteiger partial charge in [-0.1, -0.05) is 18.9 Å². The van der Waals surface area contributed by atoms with Crippen LogP contribution < -0.4 is 5.32 Å². The monoisotopic (exact) mass is 260 g/mol. The van der Waals surface area contributed by atoms with Crippen LogP contribution in [-0.2, 0) is 6.42 Å². The highest BCUT2D eigenvalue weighted by molar-refractivity contribution is 5.42. The average Bonchev–Trinajstić information content (AvgIpc) is 2.91. The van der Waals surface area contributed by atoms with Gasteiger partial charge in [0.1, 0.15) is 0 Å². The molecule has 2 aliphatic carbocycles. The Hall–Kier alpha value is -1.42. The molecule has 0 heterocycles. The normalized spacial score (nSPS) is 23.3. The molecule has 1 saturated carbocycles. The second-order valence-corrected chi connectivity index (χ2v) is 5.73. The van der Waals surface area contributed by atoms with Gasteiger partial charge in [-0.05, 0) is 43.2 Å². The van der Waals surface area contributed by atoms with Crippen molar-refractivity contribution in [3.05, 3.63) is 39.4 Å². The predicted octanol–water partition coefficient (Wildman–Crippen LogP) is 3.50. The van der Waals surface area contributed by atoms with E-state index in [9.17, 15) is 10.1 Å². The zero-order chi connectivity index (χ0) is 13.2. The number of nitrogens with zero attached hydrogens (tertiary/aromatic N) is 1. The smallest absolute Gasteiger partial charge is 0.269 e. The highest BCUT2D eigenvalue weighted by Crippen LogP contribution is 2.34. The van der Waals surface area contributed by atoms with Gasteiger partial charge in [-0.3, -0.25) is 10.1 Å². The molecule has 4 nitrogen and oxygen atoms in total. The van der Waals surface area contributed by atoms with Crippen LogP contribution in [0.1, 0.15) is 55.7 Å². The fourth-order valence-corrected chi connectivity index (χ4v) is 3.45. The van der Waals surface area contributed by atoms with Gasteiger partial charge in [0.05, 0.1) is 4.92 Å². The summed E-state index contributed by atoms with van der Waals surface area (Å²) in [5.41, 5.74) is 2.67. The number of rotatable bonds is 3. The standard InChI is InChI=1S/C15H20N2O2/c18-17(19)13-9-8-11-4-3-7-15(14(11)10-13)16-12-5-1-2-6-12/h8-10,12,15-16H,1-7H2.